The zero-order valence-electron chi connectivity index (χ0n) is 14.5. The number of ether oxygens (including phenoxy) is 1. The van der Waals surface area contributed by atoms with Crippen LogP contribution < -0.4 is 0 Å². The van der Waals surface area contributed by atoms with Crippen LogP contribution in [0.1, 0.15) is 39.5 Å². The molecule has 132 valence electrons. The molecule has 0 aromatic heterocycles. The van der Waals surface area contributed by atoms with Gasteiger partial charge in [0.05, 0.1) is 5.41 Å². The van der Waals surface area contributed by atoms with Crippen LogP contribution >= 0.6 is 0 Å². The van der Waals surface area contributed by atoms with Crippen molar-refractivity contribution in [1.29, 1.82) is 0 Å². The van der Waals surface area contributed by atoms with E-state index >= 15 is 0 Å². The topological polar surface area (TPSA) is 80.7 Å². The summed E-state index contributed by atoms with van der Waals surface area (Å²) in [4.78, 5) is 37.4. The van der Waals surface area contributed by atoms with Crippen LogP contribution in [-0.2, 0) is 19.1 Å². The van der Waals surface area contributed by atoms with Crippen LogP contribution in [0.25, 0.3) is 0 Å². The Balaban J connectivity index is 1.99. The number of carbonyl (C=O) groups is 3. The van der Waals surface area contributed by atoms with E-state index in [2.05, 4.69) is 6.58 Å². The van der Waals surface area contributed by atoms with E-state index in [4.69, 9.17) is 4.74 Å². The van der Waals surface area contributed by atoms with Gasteiger partial charge in [0.2, 0.25) is 5.78 Å². The van der Waals surface area contributed by atoms with Gasteiger partial charge in [0.15, 0.2) is 5.76 Å². The van der Waals surface area contributed by atoms with Crippen molar-refractivity contribution >= 4 is 18.0 Å². The molecule has 3 aliphatic carbocycles. The standard InChI is InChI=1S/C20H22O5/c1-10-11-7-12-14(13(8-11)25-18(10)24)20(9-21)6-4-5-19(2,3)17(20)16(23)15(12)22/h7,9,11,13-14,23H,1,4-6,8H2,2-3H3/t11-,13-,14-,20+/m0/s1. The Labute approximate surface area is 146 Å². The SMILES string of the molecule is C=C1C(=O)O[C@H]2C[C@@H]1C=C1C(=O)C(O)=C3C(C)(C)CCC[C@@]3(C=O)[C@@H]12. The summed E-state index contributed by atoms with van der Waals surface area (Å²) in [6, 6.07) is 0. The van der Waals surface area contributed by atoms with E-state index in [1.54, 1.807) is 6.08 Å². The molecule has 25 heavy (non-hydrogen) atoms. The van der Waals surface area contributed by atoms with Crippen molar-refractivity contribution < 1.29 is 24.2 Å². The number of ketones is 1. The van der Waals surface area contributed by atoms with E-state index in [9.17, 15) is 19.5 Å². The summed E-state index contributed by atoms with van der Waals surface area (Å²) < 4.78 is 5.57. The maximum Gasteiger partial charge on any atom is 0.334 e. The first-order chi connectivity index (χ1) is 11.7. The minimum atomic E-state index is -0.986. The van der Waals surface area contributed by atoms with Gasteiger partial charge in [-0.2, -0.15) is 0 Å². The molecule has 1 saturated heterocycles. The zero-order chi connectivity index (χ0) is 18.1. The molecule has 2 bridgehead atoms. The van der Waals surface area contributed by atoms with Crippen molar-refractivity contribution in [3.8, 4) is 0 Å². The van der Waals surface area contributed by atoms with E-state index < -0.39 is 34.6 Å². The lowest BCUT2D eigenvalue weighted by Crippen LogP contribution is -2.56. The highest BCUT2D eigenvalue weighted by Gasteiger charge is 2.61. The van der Waals surface area contributed by atoms with Crippen molar-refractivity contribution in [2.45, 2.75) is 45.6 Å². The Morgan fingerprint density at radius 3 is 2.72 bits per heavy atom. The lowest BCUT2D eigenvalue weighted by molar-refractivity contribution is -0.158. The number of allylic oxidation sites excluding steroid dienone is 3. The predicted molar refractivity (Wildman–Crippen MR) is 89.5 cm³/mol. The molecular formula is C20H22O5. The van der Waals surface area contributed by atoms with Crippen LogP contribution in [0.2, 0.25) is 0 Å². The van der Waals surface area contributed by atoms with Crippen molar-refractivity contribution in [1.82, 2.24) is 0 Å². The highest BCUT2D eigenvalue weighted by Crippen LogP contribution is 2.61. The fourth-order valence-electron chi connectivity index (χ4n) is 5.52. The fraction of sp³-hybridized carbons (Fsp3) is 0.550. The van der Waals surface area contributed by atoms with Gasteiger partial charge in [-0.05, 0) is 30.3 Å². The molecule has 0 spiro atoms. The number of Topliss-reactive ketones (excluding diaryl/α,β-unsaturated/α-hetero) is 1. The van der Waals surface area contributed by atoms with Crippen LogP contribution in [0.3, 0.4) is 0 Å². The maximum atomic E-state index is 12.9. The van der Waals surface area contributed by atoms with Gasteiger partial charge >= 0.3 is 5.97 Å². The fourth-order valence-corrected chi connectivity index (χ4v) is 5.52. The summed E-state index contributed by atoms with van der Waals surface area (Å²) in [5, 5.41) is 10.7. The van der Waals surface area contributed by atoms with Crippen LogP contribution in [0.5, 0.6) is 0 Å². The number of hydrogen-bond acceptors (Lipinski definition) is 5. The number of aliphatic hydroxyl groups is 1. The molecule has 0 unspecified atom stereocenters. The Morgan fingerprint density at radius 2 is 2.04 bits per heavy atom. The average molecular weight is 342 g/mol. The number of esters is 1. The molecule has 0 amide bonds. The van der Waals surface area contributed by atoms with Crippen LogP contribution in [0, 0.1) is 22.7 Å². The number of hydrogen-bond donors (Lipinski definition) is 1. The number of fused-ring (bicyclic) bond motifs is 6. The first-order valence-electron chi connectivity index (χ1n) is 8.79. The second kappa shape index (κ2) is 4.93. The van der Waals surface area contributed by atoms with Crippen molar-refractivity contribution in [3.63, 3.8) is 0 Å². The summed E-state index contributed by atoms with van der Waals surface area (Å²) in [7, 11) is 0. The molecule has 0 radical (unpaired) electrons. The molecule has 0 aromatic rings. The molecule has 5 nitrogen and oxygen atoms in total. The smallest absolute Gasteiger partial charge is 0.334 e. The molecule has 5 heteroatoms. The third-order valence-corrected chi connectivity index (χ3v) is 6.56. The molecule has 1 saturated carbocycles. The number of carbonyl (C=O) groups excluding carboxylic acids is 3. The third kappa shape index (κ3) is 1.92. The molecule has 1 N–H and O–H groups in total. The second-order valence-corrected chi connectivity index (χ2v) is 8.36. The molecule has 4 atom stereocenters. The van der Waals surface area contributed by atoms with Crippen molar-refractivity contribution in [2.75, 3.05) is 0 Å². The van der Waals surface area contributed by atoms with Crippen molar-refractivity contribution in [3.05, 3.63) is 35.1 Å². The summed E-state index contributed by atoms with van der Waals surface area (Å²) in [6.45, 7) is 7.68. The third-order valence-electron chi connectivity index (χ3n) is 6.56. The van der Waals surface area contributed by atoms with Gasteiger partial charge in [0.1, 0.15) is 12.4 Å². The average Bonchev–Trinajstić information content (AvgIpc) is 2.56. The summed E-state index contributed by atoms with van der Waals surface area (Å²) in [6.07, 6.45) is 4.77. The maximum absolute atomic E-state index is 12.9. The first kappa shape index (κ1) is 16.3. The van der Waals surface area contributed by atoms with E-state index in [0.29, 0.717) is 29.6 Å². The Kier molecular flexibility index (Phi) is 3.22. The molecule has 0 aromatic carbocycles. The first-order valence-corrected chi connectivity index (χ1v) is 8.79. The highest BCUT2D eigenvalue weighted by molar-refractivity contribution is 6.11. The van der Waals surface area contributed by atoms with Crippen molar-refractivity contribution in [2.24, 2.45) is 22.7 Å². The van der Waals surface area contributed by atoms with Gasteiger partial charge in [-0.3, -0.25) is 4.79 Å². The van der Waals surface area contributed by atoms with Crippen LogP contribution in [-0.4, -0.2) is 29.2 Å². The van der Waals surface area contributed by atoms with E-state index in [1.807, 2.05) is 13.8 Å². The largest absolute Gasteiger partial charge is 0.504 e. The number of rotatable bonds is 1. The van der Waals surface area contributed by atoms with E-state index in [-0.39, 0.29) is 11.7 Å². The minimum Gasteiger partial charge on any atom is -0.504 e. The summed E-state index contributed by atoms with van der Waals surface area (Å²) in [5.41, 5.74) is -0.189. The lowest BCUT2D eigenvalue weighted by atomic mass is 9.48. The zero-order valence-corrected chi connectivity index (χ0v) is 14.5. The number of aliphatic hydroxyl groups excluding tert-OH is 1. The molecule has 2 fully saturated rings. The lowest BCUT2D eigenvalue weighted by Gasteiger charge is -2.55. The number of aldehydes is 1. The highest BCUT2D eigenvalue weighted by atomic mass is 16.5. The summed E-state index contributed by atoms with van der Waals surface area (Å²) in [5.74, 6) is -1.98. The molecule has 1 aliphatic heterocycles. The molecule has 1 heterocycles. The minimum absolute atomic E-state index is 0.267. The van der Waals surface area contributed by atoms with Crippen LogP contribution in [0.4, 0.5) is 0 Å². The predicted octanol–water partition coefficient (Wildman–Crippen LogP) is 2.82. The molecule has 4 aliphatic rings. The van der Waals surface area contributed by atoms with Gasteiger partial charge in [-0.15, -0.1) is 0 Å². The van der Waals surface area contributed by atoms with Gasteiger partial charge in [0, 0.05) is 23.0 Å². The molecule has 4 rings (SSSR count). The normalized spacial score (nSPS) is 39.2. The Bertz CT molecular complexity index is 784. The van der Waals surface area contributed by atoms with Gasteiger partial charge in [-0.1, -0.05) is 32.9 Å². The van der Waals surface area contributed by atoms with Gasteiger partial charge in [-0.25, -0.2) is 4.79 Å². The molecular weight excluding hydrogens is 320 g/mol. The van der Waals surface area contributed by atoms with Crippen LogP contribution in [0.15, 0.2) is 35.1 Å². The Hall–Kier alpha value is -2.17. The Morgan fingerprint density at radius 1 is 1.32 bits per heavy atom. The summed E-state index contributed by atoms with van der Waals surface area (Å²) >= 11 is 0. The quantitative estimate of drug-likeness (QED) is 0.450. The van der Waals surface area contributed by atoms with Gasteiger partial charge in [0.25, 0.3) is 0 Å². The monoisotopic (exact) mass is 342 g/mol. The van der Waals surface area contributed by atoms with Gasteiger partial charge < -0.3 is 14.6 Å². The van der Waals surface area contributed by atoms with E-state index in [1.165, 1.54) is 0 Å². The van der Waals surface area contributed by atoms with E-state index in [0.717, 1.165) is 19.1 Å². The second-order valence-electron chi connectivity index (χ2n) is 8.36.